The van der Waals surface area contributed by atoms with Gasteiger partial charge in [0.2, 0.25) is 5.82 Å². The van der Waals surface area contributed by atoms with Crippen LogP contribution in [0, 0.1) is 29.0 Å². The quantitative estimate of drug-likeness (QED) is 0.379. The van der Waals surface area contributed by atoms with Crippen molar-refractivity contribution in [3.8, 4) is 11.9 Å². The molecular formula is C25H28ClFN6O4. The third kappa shape index (κ3) is 5.60. The minimum absolute atomic E-state index is 0.00724. The van der Waals surface area contributed by atoms with Gasteiger partial charge in [-0.05, 0) is 44.4 Å². The Kier molecular flexibility index (Phi) is 7.52. The molecule has 37 heavy (non-hydrogen) atoms. The Morgan fingerprint density at radius 2 is 2.11 bits per heavy atom. The van der Waals surface area contributed by atoms with E-state index in [0.29, 0.717) is 24.0 Å². The first kappa shape index (κ1) is 26.6. The molecule has 1 saturated carbocycles. The molecule has 3 unspecified atom stereocenters. The lowest BCUT2D eigenvalue weighted by atomic mass is 9.77. The SMILES string of the molecule is CCC1CN(C(=O)OC2(C)CC2)CC(CC=O)C1(N)Oc1ncnc(Nc2ccc(C#N)cc2Cl)c1F. The van der Waals surface area contributed by atoms with E-state index in [1.54, 1.807) is 0 Å². The summed E-state index contributed by atoms with van der Waals surface area (Å²) in [5, 5.41) is 12.0. The van der Waals surface area contributed by atoms with Crippen molar-refractivity contribution in [2.75, 3.05) is 18.4 Å². The van der Waals surface area contributed by atoms with Crippen LogP contribution in [0.2, 0.25) is 5.02 Å². The molecule has 1 saturated heterocycles. The van der Waals surface area contributed by atoms with Gasteiger partial charge in [0, 0.05) is 31.3 Å². The maximum atomic E-state index is 15.5. The van der Waals surface area contributed by atoms with Crippen LogP contribution >= 0.6 is 11.6 Å². The fourth-order valence-electron chi connectivity index (χ4n) is 4.41. The highest BCUT2D eigenvalue weighted by Crippen LogP contribution is 2.41. The molecule has 0 radical (unpaired) electrons. The van der Waals surface area contributed by atoms with Crippen molar-refractivity contribution in [1.29, 1.82) is 5.26 Å². The summed E-state index contributed by atoms with van der Waals surface area (Å²) in [6, 6.07) is 6.46. The predicted octanol–water partition coefficient (Wildman–Crippen LogP) is 4.15. The number of carbonyl (C=O) groups is 2. The monoisotopic (exact) mass is 530 g/mol. The van der Waals surface area contributed by atoms with E-state index in [-0.39, 0.29) is 30.4 Å². The maximum Gasteiger partial charge on any atom is 0.410 e. The molecular weight excluding hydrogens is 503 g/mol. The molecule has 0 bridgehead atoms. The van der Waals surface area contributed by atoms with Crippen molar-refractivity contribution in [1.82, 2.24) is 14.9 Å². The minimum Gasteiger partial charge on any atom is -0.453 e. The number of nitrogens with one attached hydrogen (secondary N) is 1. The van der Waals surface area contributed by atoms with E-state index in [1.807, 2.05) is 19.9 Å². The zero-order chi connectivity index (χ0) is 26.8. The van der Waals surface area contributed by atoms with Crippen LogP contribution in [0.3, 0.4) is 0 Å². The number of hydrogen-bond acceptors (Lipinski definition) is 9. The van der Waals surface area contributed by atoms with E-state index in [4.69, 9.17) is 32.1 Å². The second-order valence-electron chi connectivity index (χ2n) is 9.66. The first-order valence-electron chi connectivity index (χ1n) is 12.0. The largest absolute Gasteiger partial charge is 0.453 e. The summed E-state index contributed by atoms with van der Waals surface area (Å²) < 4.78 is 27.1. The molecule has 0 spiro atoms. The van der Waals surface area contributed by atoms with E-state index >= 15 is 4.39 Å². The van der Waals surface area contributed by atoms with Gasteiger partial charge >= 0.3 is 6.09 Å². The van der Waals surface area contributed by atoms with Crippen molar-refractivity contribution in [3.63, 3.8) is 0 Å². The van der Waals surface area contributed by atoms with Gasteiger partial charge in [-0.3, -0.25) is 5.73 Å². The Bertz CT molecular complexity index is 1240. The number of nitrogens with zero attached hydrogens (tertiary/aromatic N) is 4. The second-order valence-corrected chi connectivity index (χ2v) is 10.1. The topological polar surface area (TPSA) is 143 Å². The van der Waals surface area contributed by atoms with E-state index in [9.17, 15) is 9.59 Å². The van der Waals surface area contributed by atoms with E-state index in [1.165, 1.54) is 23.1 Å². The number of hydrogen-bond donors (Lipinski definition) is 2. The summed E-state index contributed by atoms with van der Waals surface area (Å²) in [6.07, 6.45) is 3.45. The fraction of sp³-hybridized carbons (Fsp3) is 0.480. The first-order chi connectivity index (χ1) is 17.6. The van der Waals surface area contributed by atoms with Crippen molar-refractivity contribution in [2.45, 2.75) is 50.9 Å². The molecule has 1 aliphatic carbocycles. The molecule has 196 valence electrons. The lowest BCUT2D eigenvalue weighted by Gasteiger charge is -2.49. The number of rotatable bonds is 8. The van der Waals surface area contributed by atoms with Crippen LogP contribution in [0.15, 0.2) is 24.5 Å². The Morgan fingerprint density at radius 3 is 2.73 bits per heavy atom. The molecule has 1 aromatic heterocycles. The van der Waals surface area contributed by atoms with Gasteiger partial charge < -0.3 is 24.5 Å². The molecule has 2 aliphatic rings. The van der Waals surface area contributed by atoms with Crippen LogP contribution in [0.1, 0.15) is 45.1 Å². The number of ether oxygens (including phenoxy) is 2. The molecule has 4 rings (SSSR count). The maximum absolute atomic E-state index is 15.5. The molecule has 2 heterocycles. The van der Waals surface area contributed by atoms with Crippen LogP contribution < -0.4 is 15.8 Å². The van der Waals surface area contributed by atoms with Gasteiger partial charge in [0.1, 0.15) is 18.2 Å². The summed E-state index contributed by atoms with van der Waals surface area (Å²) in [4.78, 5) is 33.7. The zero-order valence-corrected chi connectivity index (χ0v) is 21.3. The zero-order valence-electron chi connectivity index (χ0n) is 20.5. The van der Waals surface area contributed by atoms with Crippen molar-refractivity contribution in [3.05, 3.63) is 40.9 Å². The van der Waals surface area contributed by atoms with Crippen LogP contribution in [-0.2, 0) is 9.53 Å². The number of nitrogens with two attached hydrogens (primary N) is 1. The predicted molar refractivity (Wildman–Crippen MR) is 133 cm³/mol. The van der Waals surface area contributed by atoms with Crippen LogP contribution in [0.25, 0.3) is 0 Å². The van der Waals surface area contributed by atoms with Crippen LogP contribution in [-0.4, -0.2) is 51.7 Å². The number of benzene rings is 1. The second kappa shape index (κ2) is 10.5. The minimum atomic E-state index is -1.49. The summed E-state index contributed by atoms with van der Waals surface area (Å²) in [6.45, 7) is 4.08. The van der Waals surface area contributed by atoms with E-state index in [2.05, 4.69) is 15.3 Å². The summed E-state index contributed by atoms with van der Waals surface area (Å²) in [5.74, 6) is -2.60. The molecule has 12 heteroatoms. The number of halogens is 2. The third-order valence-corrected chi connectivity index (χ3v) is 7.27. The molecule has 3 atom stereocenters. The van der Waals surface area contributed by atoms with Crippen molar-refractivity contribution in [2.24, 2.45) is 17.6 Å². The van der Waals surface area contributed by atoms with Gasteiger partial charge in [-0.1, -0.05) is 18.5 Å². The van der Waals surface area contributed by atoms with Gasteiger partial charge in [0.05, 0.1) is 22.3 Å². The Balaban J connectivity index is 1.58. The van der Waals surface area contributed by atoms with E-state index in [0.717, 1.165) is 19.2 Å². The summed E-state index contributed by atoms with van der Waals surface area (Å²) in [7, 11) is 0. The standard InChI is InChI=1S/C25H28ClFN6O4/c1-3-16-12-33(23(35)37-24(2)7-8-24)13-17(6-9-34)25(16,29)36-22-20(27)21(30-14-31-22)32-19-5-4-15(11-28)10-18(19)26/h4-5,9-10,14,16-17H,3,6-8,12-13,29H2,1-2H3,(H,30,31,32). The summed E-state index contributed by atoms with van der Waals surface area (Å²) >= 11 is 6.20. The Labute approximate surface area is 218 Å². The lowest BCUT2D eigenvalue weighted by molar-refractivity contribution is -0.120. The molecule has 2 fully saturated rings. The number of piperidine rings is 1. The molecule has 1 aromatic carbocycles. The van der Waals surface area contributed by atoms with Gasteiger partial charge in [-0.15, -0.1) is 0 Å². The van der Waals surface area contributed by atoms with Crippen molar-refractivity contribution >= 4 is 35.5 Å². The highest BCUT2D eigenvalue weighted by molar-refractivity contribution is 6.33. The smallest absolute Gasteiger partial charge is 0.410 e. The highest BCUT2D eigenvalue weighted by Gasteiger charge is 2.52. The Morgan fingerprint density at radius 1 is 1.38 bits per heavy atom. The normalized spacial score (nSPS) is 24.1. The van der Waals surface area contributed by atoms with E-state index < -0.39 is 41.0 Å². The highest BCUT2D eigenvalue weighted by atomic mass is 35.5. The van der Waals surface area contributed by atoms with Gasteiger partial charge in [-0.2, -0.15) is 14.6 Å². The Hall–Kier alpha value is -3.49. The van der Waals surface area contributed by atoms with Gasteiger partial charge in [0.25, 0.3) is 5.88 Å². The number of amides is 1. The number of aldehydes is 1. The van der Waals surface area contributed by atoms with Crippen molar-refractivity contribution < 1.29 is 23.5 Å². The molecule has 1 aliphatic heterocycles. The molecule has 1 amide bonds. The van der Waals surface area contributed by atoms with Gasteiger partial charge in [0.15, 0.2) is 11.5 Å². The average Bonchev–Trinajstić information content (AvgIpc) is 3.60. The van der Waals surface area contributed by atoms with Gasteiger partial charge in [-0.25, -0.2) is 9.78 Å². The lowest BCUT2D eigenvalue weighted by Crippen LogP contribution is -2.67. The third-order valence-electron chi connectivity index (χ3n) is 6.96. The van der Waals surface area contributed by atoms with Crippen LogP contribution in [0.5, 0.6) is 5.88 Å². The number of nitriles is 1. The molecule has 2 aromatic rings. The number of carbonyl (C=O) groups excluding carboxylic acids is 2. The summed E-state index contributed by atoms with van der Waals surface area (Å²) in [5.41, 5.74) is 5.48. The molecule has 10 nitrogen and oxygen atoms in total. The average molecular weight is 531 g/mol. The fourth-order valence-corrected chi connectivity index (χ4v) is 4.64. The first-order valence-corrected chi connectivity index (χ1v) is 12.4. The molecule has 3 N–H and O–H groups in total. The van der Waals surface area contributed by atoms with Crippen LogP contribution in [0.4, 0.5) is 20.7 Å². The number of likely N-dealkylation sites (tertiary alicyclic amines) is 1. The number of aromatic nitrogens is 2. The number of anilines is 2.